The van der Waals surface area contributed by atoms with Gasteiger partial charge in [-0.25, -0.2) is 9.13 Å². The summed E-state index contributed by atoms with van der Waals surface area (Å²) in [6.45, 7) is 0.897. The highest BCUT2D eigenvalue weighted by Gasteiger charge is 2.23. The third-order valence-electron chi connectivity index (χ3n) is 6.32. The SMILES string of the molecule is O=C(Cn1c[n+](Cc2c(-c3ccccc3)oc3ccccc23)c2ccccc21)c1ccc(Br)cc1. The Bertz CT molecular complexity index is 1660. The molecule has 0 fully saturated rings. The number of nitrogens with zero attached hydrogens (tertiary/aromatic N) is 2. The molecule has 170 valence electrons. The van der Waals surface area contributed by atoms with E-state index in [4.69, 9.17) is 4.42 Å². The molecule has 6 aromatic rings. The van der Waals surface area contributed by atoms with Crippen LogP contribution >= 0.6 is 15.9 Å². The van der Waals surface area contributed by atoms with Crippen LogP contribution in [0.15, 0.2) is 118 Å². The number of hydrogen-bond donors (Lipinski definition) is 0. The molecule has 5 heteroatoms. The van der Waals surface area contributed by atoms with Crippen LogP contribution in [0.1, 0.15) is 15.9 Å². The van der Waals surface area contributed by atoms with Gasteiger partial charge < -0.3 is 4.42 Å². The van der Waals surface area contributed by atoms with Crippen LogP contribution in [-0.4, -0.2) is 10.4 Å². The normalized spacial score (nSPS) is 11.3. The Hall–Kier alpha value is -3.96. The summed E-state index contributed by atoms with van der Waals surface area (Å²) >= 11 is 3.44. The highest BCUT2D eigenvalue weighted by molar-refractivity contribution is 9.10. The zero-order valence-electron chi connectivity index (χ0n) is 18.9. The number of carbonyl (C=O) groups excluding carboxylic acids is 1. The number of rotatable bonds is 6. The van der Waals surface area contributed by atoms with Crippen molar-refractivity contribution in [2.45, 2.75) is 13.1 Å². The Morgan fingerprint density at radius 2 is 1.54 bits per heavy atom. The number of fused-ring (bicyclic) bond motifs is 2. The topological polar surface area (TPSA) is 39.0 Å². The van der Waals surface area contributed by atoms with E-state index in [2.05, 4.69) is 50.8 Å². The quantitative estimate of drug-likeness (QED) is 0.174. The summed E-state index contributed by atoms with van der Waals surface area (Å²) in [6, 6.07) is 34.1. The van der Waals surface area contributed by atoms with Crippen LogP contribution < -0.4 is 4.57 Å². The second-order valence-corrected chi connectivity index (χ2v) is 9.48. The molecule has 2 heterocycles. The molecule has 0 aliphatic carbocycles. The zero-order chi connectivity index (χ0) is 23.8. The van der Waals surface area contributed by atoms with E-state index in [0.29, 0.717) is 12.1 Å². The largest absolute Gasteiger partial charge is 0.456 e. The van der Waals surface area contributed by atoms with E-state index in [0.717, 1.165) is 43.4 Å². The lowest BCUT2D eigenvalue weighted by atomic mass is 10.1. The third kappa shape index (κ3) is 4.08. The minimum Gasteiger partial charge on any atom is -0.456 e. The van der Waals surface area contributed by atoms with E-state index in [9.17, 15) is 4.79 Å². The molecule has 0 radical (unpaired) electrons. The Balaban J connectivity index is 1.43. The van der Waals surface area contributed by atoms with Crippen molar-refractivity contribution >= 4 is 43.7 Å². The van der Waals surface area contributed by atoms with Crippen LogP contribution in [0, 0.1) is 0 Å². The lowest BCUT2D eigenvalue weighted by Gasteiger charge is -2.02. The van der Waals surface area contributed by atoms with Gasteiger partial charge in [0.2, 0.25) is 12.1 Å². The summed E-state index contributed by atoms with van der Waals surface area (Å²) in [6.07, 6.45) is 2.04. The first-order valence-corrected chi connectivity index (χ1v) is 12.3. The van der Waals surface area contributed by atoms with Gasteiger partial charge in [-0.05, 0) is 30.3 Å². The van der Waals surface area contributed by atoms with E-state index >= 15 is 0 Å². The number of hydrogen-bond acceptors (Lipinski definition) is 2. The molecular formula is C30H22BrN2O2+. The van der Waals surface area contributed by atoms with Gasteiger partial charge in [0.1, 0.15) is 17.9 Å². The molecule has 6 rings (SSSR count). The maximum atomic E-state index is 13.0. The number of carbonyl (C=O) groups is 1. The molecule has 0 spiro atoms. The van der Waals surface area contributed by atoms with Crippen LogP contribution in [0.25, 0.3) is 33.3 Å². The van der Waals surface area contributed by atoms with Crippen molar-refractivity contribution in [2.75, 3.05) is 0 Å². The highest BCUT2D eigenvalue weighted by atomic mass is 79.9. The molecule has 0 saturated carbocycles. The number of furan rings is 1. The fraction of sp³-hybridized carbons (Fsp3) is 0.0667. The molecule has 0 bridgehead atoms. The maximum absolute atomic E-state index is 13.0. The van der Waals surface area contributed by atoms with Crippen molar-refractivity contribution in [3.63, 3.8) is 0 Å². The second kappa shape index (κ2) is 9.01. The molecule has 0 unspecified atom stereocenters. The van der Waals surface area contributed by atoms with Crippen molar-refractivity contribution in [1.29, 1.82) is 0 Å². The van der Waals surface area contributed by atoms with Crippen LogP contribution in [-0.2, 0) is 13.1 Å². The summed E-state index contributed by atoms with van der Waals surface area (Å²) in [5, 5.41) is 1.10. The fourth-order valence-corrected chi connectivity index (χ4v) is 4.89. The lowest BCUT2D eigenvalue weighted by molar-refractivity contribution is -0.662. The van der Waals surface area contributed by atoms with Crippen molar-refractivity contribution in [1.82, 2.24) is 4.57 Å². The Kier molecular flexibility index (Phi) is 5.55. The average Bonchev–Trinajstić information content (AvgIpc) is 3.44. The van der Waals surface area contributed by atoms with Gasteiger partial charge in [-0.2, -0.15) is 0 Å². The molecule has 0 saturated heterocycles. The summed E-state index contributed by atoms with van der Waals surface area (Å²) in [5.41, 5.74) is 5.83. The minimum absolute atomic E-state index is 0.0733. The Morgan fingerprint density at radius 1 is 0.829 bits per heavy atom. The van der Waals surface area contributed by atoms with Gasteiger partial charge in [-0.15, -0.1) is 0 Å². The average molecular weight is 522 g/mol. The number of Topliss-reactive ketones (excluding diaryl/α,β-unsaturated/α-hetero) is 1. The van der Waals surface area contributed by atoms with E-state index in [1.54, 1.807) is 0 Å². The number of ketones is 1. The van der Waals surface area contributed by atoms with Crippen molar-refractivity contribution in [3.8, 4) is 11.3 Å². The molecule has 2 aromatic heterocycles. The Labute approximate surface area is 211 Å². The van der Waals surface area contributed by atoms with E-state index in [1.165, 1.54) is 0 Å². The van der Waals surface area contributed by atoms with Crippen LogP contribution in [0.2, 0.25) is 0 Å². The summed E-state index contributed by atoms with van der Waals surface area (Å²) in [7, 11) is 0. The van der Waals surface area contributed by atoms with E-state index < -0.39 is 0 Å². The second-order valence-electron chi connectivity index (χ2n) is 8.56. The minimum atomic E-state index is 0.0733. The predicted molar refractivity (Wildman–Crippen MR) is 141 cm³/mol. The van der Waals surface area contributed by atoms with Crippen LogP contribution in [0.5, 0.6) is 0 Å². The first-order valence-electron chi connectivity index (χ1n) is 11.5. The van der Waals surface area contributed by atoms with Gasteiger partial charge in [-0.3, -0.25) is 4.79 Å². The molecule has 4 nitrogen and oxygen atoms in total. The number of halogens is 1. The highest BCUT2D eigenvalue weighted by Crippen LogP contribution is 2.33. The fourth-order valence-electron chi connectivity index (χ4n) is 4.63. The summed E-state index contributed by atoms with van der Waals surface area (Å²) < 4.78 is 11.5. The van der Waals surface area contributed by atoms with Gasteiger partial charge in [0.25, 0.3) is 0 Å². The first kappa shape index (κ1) is 21.6. The number of aromatic nitrogens is 2. The summed E-state index contributed by atoms with van der Waals surface area (Å²) in [5.74, 6) is 0.950. The van der Waals surface area contributed by atoms with E-state index in [-0.39, 0.29) is 12.3 Å². The van der Waals surface area contributed by atoms with Crippen molar-refractivity contribution in [3.05, 3.63) is 125 Å². The molecule has 0 aliphatic rings. The van der Waals surface area contributed by atoms with Gasteiger partial charge >= 0.3 is 0 Å². The zero-order valence-corrected chi connectivity index (χ0v) is 20.5. The molecule has 35 heavy (non-hydrogen) atoms. The molecule has 4 aromatic carbocycles. The molecule has 0 atom stereocenters. The summed E-state index contributed by atoms with van der Waals surface area (Å²) in [4.78, 5) is 13.0. The standard InChI is InChI=1S/C30H22BrN2O2/c31-23-16-14-21(15-17-23)28(34)19-33-20-32(26-11-5-6-12-27(26)33)18-25-24-10-4-7-13-29(24)35-30(25)22-8-2-1-3-9-22/h1-17,20H,18-19H2/q+1. The Morgan fingerprint density at radius 3 is 2.37 bits per heavy atom. The molecule has 0 amide bonds. The number of benzene rings is 4. The van der Waals surface area contributed by atoms with Gasteiger partial charge in [0.15, 0.2) is 17.6 Å². The predicted octanol–water partition coefficient (Wildman–Crippen LogP) is 7.04. The number of imidazole rings is 1. The van der Waals surface area contributed by atoms with E-state index in [1.807, 2.05) is 83.7 Å². The first-order chi connectivity index (χ1) is 17.2. The lowest BCUT2D eigenvalue weighted by Crippen LogP contribution is -2.33. The van der Waals surface area contributed by atoms with Crippen molar-refractivity contribution in [2.24, 2.45) is 0 Å². The van der Waals surface area contributed by atoms with Crippen molar-refractivity contribution < 1.29 is 13.8 Å². The third-order valence-corrected chi connectivity index (χ3v) is 6.85. The molecule has 0 N–H and O–H groups in total. The van der Waals surface area contributed by atoms with Crippen LogP contribution in [0.3, 0.4) is 0 Å². The smallest absolute Gasteiger partial charge is 0.245 e. The van der Waals surface area contributed by atoms with Crippen LogP contribution in [0.4, 0.5) is 0 Å². The monoisotopic (exact) mass is 521 g/mol. The van der Waals surface area contributed by atoms with Gasteiger partial charge in [0, 0.05) is 26.5 Å². The van der Waals surface area contributed by atoms with Gasteiger partial charge in [0.05, 0.1) is 0 Å². The number of para-hydroxylation sites is 3. The van der Waals surface area contributed by atoms with Gasteiger partial charge in [-0.1, -0.05) is 88.7 Å². The maximum Gasteiger partial charge on any atom is 0.245 e. The molecule has 0 aliphatic heterocycles. The molecular weight excluding hydrogens is 500 g/mol.